The molecule has 0 radical (unpaired) electrons. The molecule has 0 saturated heterocycles. The molecule has 0 aliphatic carbocycles. The van der Waals surface area contributed by atoms with E-state index in [1.165, 1.54) is 12.1 Å². The minimum Gasteiger partial charge on any atom is -0.508 e. The fraction of sp³-hybridized carbons (Fsp3) is 0. The molecule has 4 N–H and O–H groups in total. The quantitative estimate of drug-likeness (QED) is 0.182. The molecular weight excluding hydrogens is 472 g/mol. The van der Waals surface area contributed by atoms with E-state index in [0.717, 1.165) is 54.2 Å². The van der Waals surface area contributed by atoms with Crippen molar-refractivity contribution in [2.45, 2.75) is 0 Å². The van der Waals surface area contributed by atoms with Gasteiger partial charge in [0.15, 0.2) is 0 Å². The molecule has 0 atom stereocenters. The Kier molecular flexibility index (Phi) is 4.72. The Morgan fingerprint density at radius 3 is 0.842 bits per heavy atom. The van der Waals surface area contributed by atoms with Crippen LogP contribution in [0.3, 0.4) is 0 Å². The molecule has 7 rings (SSSR count). The third kappa shape index (κ3) is 3.46. The molecule has 0 heterocycles. The summed E-state index contributed by atoms with van der Waals surface area (Å²) in [5, 5.41) is 49.6. The van der Waals surface area contributed by atoms with E-state index in [-0.39, 0.29) is 23.0 Å². The van der Waals surface area contributed by atoms with E-state index in [2.05, 4.69) is 48.5 Å². The van der Waals surface area contributed by atoms with E-state index in [9.17, 15) is 20.4 Å². The number of rotatable bonds is 2. The van der Waals surface area contributed by atoms with E-state index in [1.807, 2.05) is 24.3 Å². The van der Waals surface area contributed by atoms with Gasteiger partial charge >= 0.3 is 0 Å². The fourth-order valence-corrected chi connectivity index (χ4v) is 5.70. The molecule has 7 aromatic carbocycles. The predicted molar refractivity (Wildman–Crippen MR) is 154 cm³/mol. The maximum Gasteiger partial charge on any atom is 0.119 e. The van der Waals surface area contributed by atoms with Gasteiger partial charge in [-0.25, -0.2) is 0 Å². The highest BCUT2D eigenvalue weighted by atomic mass is 16.3. The number of phenolic OH excluding ortho intramolecular Hbond substituents is 4. The largest absolute Gasteiger partial charge is 0.508 e. The number of fused-ring (bicyclic) bond motifs is 4. The standard InChI is InChI=1S/C34H22O4/c35-25-9-23(10-26(36)17-25)33-29-13-19-5-1-2-6-20(19)14-30(29)34(24-11-27(37)18-28(38)12-24)32-16-22-8-4-3-7-21(22)15-31(32)33/h1-18,35-38H. The minimum absolute atomic E-state index is 0.0233. The van der Waals surface area contributed by atoms with E-state index in [0.29, 0.717) is 11.1 Å². The lowest BCUT2D eigenvalue weighted by atomic mass is 9.83. The van der Waals surface area contributed by atoms with Gasteiger partial charge < -0.3 is 20.4 Å². The molecule has 0 amide bonds. The zero-order chi connectivity index (χ0) is 26.0. The van der Waals surface area contributed by atoms with Crippen molar-refractivity contribution in [3.8, 4) is 45.3 Å². The molecule has 0 aliphatic heterocycles. The SMILES string of the molecule is Oc1cc(O)cc(-c2c3cc4ccccc4cc3c(-c3cc(O)cc(O)c3)c3cc4ccccc4cc23)c1. The zero-order valence-electron chi connectivity index (χ0n) is 20.2. The molecule has 0 aliphatic rings. The second-order valence-electron chi connectivity index (χ2n) is 9.72. The van der Waals surface area contributed by atoms with Crippen LogP contribution in [0.5, 0.6) is 23.0 Å². The summed E-state index contributed by atoms with van der Waals surface area (Å²) in [4.78, 5) is 0. The second kappa shape index (κ2) is 8.15. The van der Waals surface area contributed by atoms with Gasteiger partial charge in [-0.1, -0.05) is 48.5 Å². The Bertz CT molecular complexity index is 1790. The van der Waals surface area contributed by atoms with Crippen LogP contribution in [0, 0.1) is 0 Å². The van der Waals surface area contributed by atoms with Crippen LogP contribution >= 0.6 is 0 Å². The lowest BCUT2D eigenvalue weighted by Crippen LogP contribution is -1.92. The average molecular weight is 495 g/mol. The van der Waals surface area contributed by atoms with Gasteiger partial charge in [0.2, 0.25) is 0 Å². The zero-order valence-corrected chi connectivity index (χ0v) is 20.2. The van der Waals surface area contributed by atoms with E-state index in [4.69, 9.17) is 0 Å². The first-order valence-electron chi connectivity index (χ1n) is 12.3. The predicted octanol–water partition coefficient (Wildman–Crippen LogP) is 8.46. The molecule has 4 heteroatoms. The van der Waals surface area contributed by atoms with Crippen molar-refractivity contribution in [3.63, 3.8) is 0 Å². The van der Waals surface area contributed by atoms with Crippen LogP contribution in [-0.4, -0.2) is 20.4 Å². The summed E-state index contributed by atoms with van der Waals surface area (Å²) in [5.74, 6) is -0.0931. The molecule has 182 valence electrons. The third-order valence-corrected chi connectivity index (χ3v) is 7.23. The molecule has 4 nitrogen and oxygen atoms in total. The van der Waals surface area contributed by atoms with Gasteiger partial charge in [-0.2, -0.15) is 0 Å². The Hall–Kier alpha value is -5.22. The second-order valence-corrected chi connectivity index (χ2v) is 9.72. The number of hydrogen-bond donors (Lipinski definition) is 4. The summed E-state index contributed by atoms with van der Waals surface area (Å²) in [5.41, 5.74) is 3.14. The Balaban J connectivity index is 1.78. The highest BCUT2D eigenvalue weighted by Gasteiger charge is 2.20. The molecular formula is C34H22O4. The first kappa shape index (κ1) is 22.0. The van der Waals surface area contributed by atoms with Crippen molar-refractivity contribution >= 4 is 43.1 Å². The van der Waals surface area contributed by atoms with Crippen molar-refractivity contribution in [2.75, 3.05) is 0 Å². The lowest BCUT2D eigenvalue weighted by Gasteiger charge is -2.20. The first-order chi connectivity index (χ1) is 18.4. The Morgan fingerprint density at radius 1 is 0.316 bits per heavy atom. The number of hydrogen-bond acceptors (Lipinski definition) is 4. The molecule has 0 aromatic heterocycles. The topological polar surface area (TPSA) is 80.9 Å². The molecule has 0 saturated carbocycles. The van der Waals surface area contributed by atoms with Crippen LogP contribution in [-0.2, 0) is 0 Å². The summed E-state index contributed by atoms with van der Waals surface area (Å²) in [6.45, 7) is 0. The summed E-state index contributed by atoms with van der Waals surface area (Å²) in [7, 11) is 0. The molecule has 0 bridgehead atoms. The van der Waals surface area contributed by atoms with Crippen molar-refractivity contribution in [2.24, 2.45) is 0 Å². The van der Waals surface area contributed by atoms with E-state index >= 15 is 0 Å². The van der Waals surface area contributed by atoms with Crippen molar-refractivity contribution in [1.82, 2.24) is 0 Å². The van der Waals surface area contributed by atoms with Crippen LogP contribution < -0.4 is 0 Å². The first-order valence-corrected chi connectivity index (χ1v) is 12.3. The highest BCUT2D eigenvalue weighted by molar-refractivity contribution is 6.25. The summed E-state index contributed by atoms with van der Waals surface area (Å²) < 4.78 is 0. The smallest absolute Gasteiger partial charge is 0.119 e. The summed E-state index contributed by atoms with van der Waals surface area (Å²) >= 11 is 0. The number of benzene rings is 7. The van der Waals surface area contributed by atoms with Crippen LogP contribution in [0.4, 0.5) is 0 Å². The number of aromatic hydroxyl groups is 4. The average Bonchev–Trinajstić information content (AvgIpc) is 2.88. The number of phenols is 4. The molecule has 38 heavy (non-hydrogen) atoms. The molecule has 0 unspecified atom stereocenters. The maximum absolute atomic E-state index is 10.4. The van der Waals surface area contributed by atoms with Gasteiger partial charge in [0.25, 0.3) is 0 Å². The van der Waals surface area contributed by atoms with Gasteiger partial charge in [-0.3, -0.25) is 0 Å². The monoisotopic (exact) mass is 494 g/mol. The van der Waals surface area contributed by atoms with Crippen molar-refractivity contribution in [3.05, 3.63) is 109 Å². The van der Waals surface area contributed by atoms with Crippen molar-refractivity contribution < 1.29 is 20.4 Å². The van der Waals surface area contributed by atoms with Gasteiger partial charge in [0.05, 0.1) is 0 Å². The van der Waals surface area contributed by atoms with Crippen molar-refractivity contribution in [1.29, 1.82) is 0 Å². The Labute approximate surface area is 217 Å². The molecule has 0 fully saturated rings. The van der Waals surface area contributed by atoms with Crippen LogP contribution in [0.25, 0.3) is 65.3 Å². The highest BCUT2D eigenvalue weighted by Crippen LogP contribution is 2.47. The normalized spacial score (nSPS) is 11.6. The minimum atomic E-state index is -0.0233. The van der Waals surface area contributed by atoms with Crippen LogP contribution in [0.2, 0.25) is 0 Å². The third-order valence-electron chi connectivity index (χ3n) is 7.23. The van der Waals surface area contributed by atoms with Gasteiger partial charge in [-0.05, 0) is 114 Å². The van der Waals surface area contributed by atoms with E-state index < -0.39 is 0 Å². The van der Waals surface area contributed by atoms with Gasteiger partial charge in [-0.15, -0.1) is 0 Å². The van der Waals surface area contributed by atoms with Crippen LogP contribution in [0.15, 0.2) is 109 Å². The van der Waals surface area contributed by atoms with Crippen LogP contribution in [0.1, 0.15) is 0 Å². The lowest BCUT2D eigenvalue weighted by molar-refractivity contribution is 0.450. The molecule has 0 spiro atoms. The summed E-state index contributed by atoms with van der Waals surface area (Å²) in [6, 6.07) is 34.0. The summed E-state index contributed by atoms with van der Waals surface area (Å²) in [6.07, 6.45) is 0. The maximum atomic E-state index is 10.4. The van der Waals surface area contributed by atoms with Gasteiger partial charge in [0.1, 0.15) is 23.0 Å². The van der Waals surface area contributed by atoms with Gasteiger partial charge in [0, 0.05) is 12.1 Å². The molecule has 7 aromatic rings. The fourth-order valence-electron chi connectivity index (χ4n) is 5.70. The Morgan fingerprint density at radius 2 is 0.579 bits per heavy atom. The van der Waals surface area contributed by atoms with E-state index in [1.54, 1.807) is 24.3 Å².